The lowest BCUT2D eigenvalue weighted by atomic mass is 9.90. The zero-order chi connectivity index (χ0) is 8.72. The van der Waals surface area contributed by atoms with Gasteiger partial charge < -0.3 is 10.8 Å². The van der Waals surface area contributed by atoms with Gasteiger partial charge in [-0.1, -0.05) is 0 Å². The Morgan fingerprint density at radius 1 is 1.67 bits per heavy atom. The number of aliphatic hydroxyl groups is 1. The molecule has 0 bridgehead atoms. The minimum Gasteiger partial charge on any atom is -0.388 e. The van der Waals surface area contributed by atoms with Gasteiger partial charge >= 0.3 is 0 Å². The molecule has 0 amide bonds. The molecule has 1 heterocycles. The lowest BCUT2D eigenvalue weighted by molar-refractivity contribution is 0.147. The average molecular weight is 167 g/mol. The molecule has 0 radical (unpaired) electrons. The molecule has 4 nitrogen and oxygen atoms in total. The SMILES string of the molecule is Cc1[nH]nc2c1C(O)CC(N)C2. The molecule has 0 aliphatic heterocycles. The van der Waals surface area contributed by atoms with Crippen LogP contribution in [0, 0.1) is 6.92 Å². The summed E-state index contributed by atoms with van der Waals surface area (Å²) in [5, 5.41) is 16.6. The van der Waals surface area contributed by atoms with Gasteiger partial charge in [-0.2, -0.15) is 5.10 Å². The van der Waals surface area contributed by atoms with Crippen LogP contribution in [-0.4, -0.2) is 21.3 Å². The molecule has 12 heavy (non-hydrogen) atoms. The van der Waals surface area contributed by atoms with Gasteiger partial charge in [-0.3, -0.25) is 5.10 Å². The van der Waals surface area contributed by atoms with Crippen molar-refractivity contribution in [1.82, 2.24) is 10.2 Å². The molecular formula is C8H13N3O. The highest BCUT2D eigenvalue weighted by atomic mass is 16.3. The number of hydrogen-bond acceptors (Lipinski definition) is 3. The van der Waals surface area contributed by atoms with Crippen LogP contribution in [0.5, 0.6) is 0 Å². The van der Waals surface area contributed by atoms with E-state index >= 15 is 0 Å². The molecule has 1 aromatic rings. The van der Waals surface area contributed by atoms with Gasteiger partial charge in [0.05, 0.1) is 11.8 Å². The number of hydrogen-bond donors (Lipinski definition) is 3. The molecule has 4 heteroatoms. The van der Waals surface area contributed by atoms with Crippen LogP contribution in [0.4, 0.5) is 0 Å². The predicted octanol–water partition coefficient (Wildman–Crippen LogP) is 0.0250. The summed E-state index contributed by atoms with van der Waals surface area (Å²) >= 11 is 0. The van der Waals surface area contributed by atoms with Gasteiger partial charge in [-0.25, -0.2) is 0 Å². The van der Waals surface area contributed by atoms with E-state index in [1.165, 1.54) is 0 Å². The molecule has 0 fully saturated rings. The molecular weight excluding hydrogens is 154 g/mol. The number of aliphatic hydroxyl groups excluding tert-OH is 1. The molecule has 4 N–H and O–H groups in total. The van der Waals surface area contributed by atoms with Crippen molar-refractivity contribution in [3.05, 3.63) is 17.0 Å². The summed E-state index contributed by atoms with van der Waals surface area (Å²) in [6.07, 6.45) is 0.992. The summed E-state index contributed by atoms with van der Waals surface area (Å²) in [5.74, 6) is 0. The summed E-state index contributed by atoms with van der Waals surface area (Å²) in [4.78, 5) is 0. The van der Waals surface area contributed by atoms with Crippen molar-refractivity contribution < 1.29 is 5.11 Å². The third-order valence-corrected chi connectivity index (χ3v) is 2.39. The number of aryl methyl sites for hydroxylation is 1. The number of fused-ring (bicyclic) bond motifs is 1. The van der Waals surface area contributed by atoms with Crippen molar-refractivity contribution in [3.8, 4) is 0 Å². The summed E-state index contributed by atoms with van der Waals surface area (Å²) in [5.41, 5.74) is 8.58. The van der Waals surface area contributed by atoms with Gasteiger partial charge in [0.2, 0.25) is 0 Å². The first kappa shape index (κ1) is 7.76. The van der Waals surface area contributed by atoms with Crippen LogP contribution in [0.3, 0.4) is 0 Å². The van der Waals surface area contributed by atoms with Crippen molar-refractivity contribution in [2.24, 2.45) is 5.73 Å². The fourth-order valence-corrected chi connectivity index (χ4v) is 1.82. The number of nitrogens with zero attached hydrogens (tertiary/aromatic N) is 1. The Balaban J connectivity index is 2.43. The lowest BCUT2D eigenvalue weighted by Crippen LogP contribution is -2.30. The van der Waals surface area contributed by atoms with E-state index in [1.54, 1.807) is 0 Å². The molecule has 0 saturated carbocycles. The maximum atomic E-state index is 9.66. The van der Waals surface area contributed by atoms with E-state index in [2.05, 4.69) is 10.2 Å². The van der Waals surface area contributed by atoms with Crippen LogP contribution >= 0.6 is 0 Å². The summed E-state index contributed by atoms with van der Waals surface area (Å²) in [7, 11) is 0. The van der Waals surface area contributed by atoms with Gasteiger partial charge in [0.15, 0.2) is 0 Å². The molecule has 2 rings (SSSR count). The summed E-state index contributed by atoms with van der Waals surface area (Å²) in [6, 6.07) is 0.0511. The molecule has 1 aromatic heterocycles. The Hall–Kier alpha value is -0.870. The molecule has 2 unspecified atom stereocenters. The van der Waals surface area contributed by atoms with Gasteiger partial charge in [0.1, 0.15) is 0 Å². The van der Waals surface area contributed by atoms with Crippen molar-refractivity contribution in [2.75, 3.05) is 0 Å². The van der Waals surface area contributed by atoms with Crippen LogP contribution in [0.1, 0.15) is 29.5 Å². The topological polar surface area (TPSA) is 74.9 Å². The lowest BCUT2D eigenvalue weighted by Gasteiger charge is -2.22. The Kier molecular flexibility index (Phi) is 1.66. The number of nitrogens with two attached hydrogens (primary N) is 1. The van der Waals surface area contributed by atoms with E-state index in [0.29, 0.717) is 6.42 Å². The van der Waals surface area contributed by atoms with E-state index in [0.717, 1.165) is 23.4 Å². The predicted molar refractivity (Wildman–Crippen MR) is 44.6 cm³/mol. The highest BCUT2D eigenvalue weighted by molar-refractivity contribution is 5.30. The summed E-state index contributed by atoms with van der Waals surface area (Å²) < 4.78 is 0. The van der Waals surface area contributed by atoms with Gasteiger partial charge in [0.25, 0.3) is 0 Å². The molecule has 0 aromatic carbocycles. The minimum absolute atomic E-state index is 0.0511. The quantitative estimate of drug-likeness (QED) is 0.510. The Bertz CT molecular complexity index is 294. The highest BCUT2D eigenvalue weighted by Gasteiger charge is 2.26. The van der Waals surface area contributed by atoms with E-state index in [9.17, 15) is 5.11 Å². The van der Waals surface area contributed by atoms with Crippen LogP contribution < -0.4 is 5.73 Å². The number of rotatable bonds is 0. The number of H-pyrrole nitrogens is 1. The molecule has 0 saturated heterocycles. The van der Waals surface area contributed by atoms with Gasteiger partial charge in [-0.05, 0) is 13.3 Å². The first-order chi connectivity index (χ1) is 5.68. The van der Waals surface area contributed by atoms with Gasteiger partial charge in [0, 0.05) is 23.7 Å². The van der Waals surface area contributed by atoms with Crippen LogP contribution in [-0.2, 0) is 6.42 Å². The van der Waals surface area contributed by atoms with Crippen molar-refractivity contribution in [3.63, 3.8) is 0 Å². The third kappa shape index (κ3) is 1.04. The highest BCUT2D eigenvalue weighted by Crippen LogP contribution is 2.29. The van der Waals surface area contributed by atoms with Crippen molar-refractivity contribution in [2.45, 2.75) is 31.9 Å². The Morgan fingerprint density at radius 3 is 3.17 bits per heavy atom. The zero-order valence-corrected chi connectivity index (χ0v) is 7.04. The zero-order valence-electron chi connectivity index (χ0n) is 7.04. The van der Waals surface area contributed by atoms with Crippen molar-refractivity contribution >= 4 is 0 Å². The summed E-state index contributed by atoms with van der Waals surface area (Å²) in [6.45, 7) is 1.92. The molecule has 2 atom stereocenters. The number of aromatic nitrogens is 2. The van der Waals surface area contributed by atoms with E-state index < -0.39 is 6.10 Å². The second kappa shape index (κ2) is 2.57. The molecule has 66 valence electrons. The monoisotopic (exact) mass is 167 g/mol. The Morgan fingerprint density at radius 2 is 2.42 bits per heavy atom. The Labute approximate surface area is 70.8 Å². The average Bonchev–Trinajstić information content (AvgIpc) is 2.31. The van der Waals surface area contributed by atoms with E-state index in [4.69, 9.17) is 5.73 Å². The van der Waals surface area contributed by atoms with Crippen LogP contribution in [0.15, 0.2) is 0 Å². The normalized spacial score (nSPS) is 28.6. The van der Waals surface area contributed by atoms with Crippen molar-refractivity contribution in [1.29, 1.82) is 0 Å². The third-order valence-electron chi connectivity index (χ3n) is 2.39. The smallest absolute Gasteiger partial charge is 0.0840 e. The number of nitrogens with one attached hydrogen (secondary N) is 1. The van der Waals surface area contributed by atoms with Crippen LogP contribution in [0.25, 0.3) is 0 Å². The number of aromatic amines is 1. The second-order valence-corrected chi connectivity index (χ2v) is 3.42. The molecule has 1 aliphatic rings. The molecule has 1 aliphatic carbocycles. The standard InChI is InChI=1S/C8H13N3O/c1-4-8-6(11-10-4)2-5(9)3-7(8)12/h5,7,12H,2-3,9H2,1H3,(H,10,11). The fraction of sp³-hybridized carbons (Fsp3) is 0.625. The van der Waals surface area contributed by atoms with Gasteiger partial charge in [-0.15, -0.1) is 0 Å². The maximum Gasteiger partial charge on any atom is 0.0840 e. The van der Waals surface area contributed by atoms with E-state index in [-0.39, 0.29) is 6.04 Å². The molecule has 0 spiro atoms. The maximum absolute atomic E-state index is 9.66. The first-order valence-electron chi connectivity index (χ1n) is 4.16. The fourth-order valence-electron chi connectivity index (χ4n) is 1.82. The largest absolute Gasteiger partial charge is 0.388 e. The first-order valence-corrected chi connectivity index (χ1v) is 4.16. The van der Waals surface area contributed by atoms with Crippen LogP contribution in [0.2, 0.25) is 0 Å². The second-order valence-electron chi connectivity index (χ2n) is 3.42. The van der Waals surface area contributed by atoms with E-state index in [1.807, 2.05) is 6.92 Å². The minimum atomic E-state index is -0.428.